The van der Waals surface area contributed by atoms with Gasteiger partial charge in [-0.2, -0.15) is 0 Å². The Morgan fingerprint density at radius 1 is 1.00 bits per heavy atom. The Morgan fingerprint density at radius 3 is 2.65 bits per heavy atom. The lowest BCUT2D eigenvalue weighted by Gasteiger charge is -2.30. The minimum Gasteiger partial charge on any atom is -0.497 e. The van der Waals surface area contributed by atoms with Gasteiger partial charge < -0.3 is 14.8 Å². The van der Waals surface area contributed by atoms with E-state index in [0.29, 0.717) is 12.5 Å². The molecule has 122 valence electrons. The molecule has 2 aromatic carbocycles. The van der Waals surface area contributed by atoms with Gasteiger partial charge in [0.2, 0.25) is 0 Å². The standard InChI is InChI=1S/C20H25NO2/c1-22-19-9-5-8-17(11-19)15-23-20-12-18(13-21-14-20)10-16-6-3-2-4-7-16/h2-9,11,18,20-21H,10,12-15H2,1H3/t18-,20+/m0/s1. The summed E-state index contributed by atoms with van der Waals surface area (Å²) in [7, 11) is 1.69. The van der Waals surface area contributed by atoms with E-state index >= 15 is 0 Å². The van der Waals surface area contributed by atoms with Crippen molar-refractivity contribution in [1.82, 2.24) is 5.32 Å². The number of hydrogen-bond acceptors (Lipinski definition) is 3. The number of hydrogen-bond donors (Lipinski definition) is 1. The first-order valence-corrected chi connectivity index (χ1v) is 8.32. The van der Waals surface area contributed by atoms with E-state index < -0.39 is 0 Å². The predicted octanol–water partition coefficient (Wildman–Crippen LogP) is 3.43. The first kappa shape index (κ1) is 16.0. The molecule has 3 heteroatoms. The molecule has 0 spiro atoms. The van der Waals surface area contributed by atoms with Crippen LogP contribution in [0.5, 0.6) is 5.75 Å². The molecule has 3 nitrogen and oxygen atoms in total. The van der Waals surface area contributed by atoms with E-state index in [2.05, 4.69) is 41.7 Å². The summed E-state index contributed by atoms with van der Waals surface area (Å²) in [6, 6.07) is 18.8. The van der Waals surface area contributed by atoms with Crippen LogP contribution in [0, 0.1) is 5.92 Å². The first-order chi connectivity index (χ1) is 11.3. The normalized spacial score (nSPS) is 21.1. The third-order valence-corrected chi connectivity index (χ3v) is 4.39. The molecule has 1 N–H and O–H groups in total. The maximum absolute atomic E-state index is 6.12. The van der Waals surface area contributed by atoms with Gasteiger partial charge in [0.15, 0.2) is 0 Å². The van der Waals surface area contributed by atoms with Crippen LogP contribution < -0.4 is 10.1 Å². The Morgan fingerprint density at radius 2 is 1.83 bits per heavy atom. The van der Waals surface area contributed by atoms with Gasteiger partial charge in [-0.1, -0.05) is 42.5 Å². The highest BCUT2D eigenvalue weighted by Crippen LogP contribution is 2.20. The fourth-order valence-electron chi connectivity index (χ4n) is 3.19. The van der Waals surface area contributed by atoms with E-state index in [0.717, 1.165) is 37.2 Å². The van der Waals surface area contributed by atoms with Crippen LogP contribution in [0.2, 0.25) is 0 Å². The smallest absolute Gasteiger partial charge is 0.119 e. The fraction of sp³-hybridized carbons (Fsp3) is 0.400. The van der Waals surface area contributed by atoms with Crippen LogP contribution in [0.3, 0.4) is 0 Å². The maximum Gasteiger partial charge on any atom is 0.119 e. The van der Waals surface area contributed by atoms with E-state index in [1.54, 1.807) is 7.11 Å². The topological polar surface area (TPSA) is 30.5 Å². The van der Waals surface area contributed by atoms with E-state index in [1.165, 1.54) is 5.56 Å². The summed E-state index contributed by atoms with van der Waals surface area (Å²) < 4.78 is 11.4. The van der Waals surface area contributed by atoms with Gasteiger partial charge in [0.25, 0.3) is 0 Å². The lowest BCUT2D eigenvalue weighted by atomic mass is 9.91. The van der Waals surface area contributed by atoms with Crippen molar-refractivity contribution in [3.63, 3.8) is 0 Å². The van der Waals surface area contributed by atoms with Crippen LogP contribution >= 0.6 is 0 Å². The molecule has 0 saturated carbocycles. The van der Waals surface area contributed by atoms with Gasteiger partial charge in [-0.15, -0.1) is 0 Å². The van der Waals surface area contributed by atoms with Crippen LogP contribution in [0.1, 0.15) is 17.5 Å². The maximum atomic E-state index is 6.12. The van der Waals surface area contributed by atoms with Gasteiger partial charge >= 0.3 is 0 Å². The molecule has 1 aliphatic rings. The molecule has 0 unspecified atom stereocenters. The molecular formula is C20H25NO2. The van der Waals surface area contributed by atoms with Crippen molar-refractivity contribution in [2.75, 3.05) is 20.2 Å². The van der Waals surface area contributed by atoms with Gasteiger partial charge in [0, 0.05) is 6.54 Å². The lowest BCUT2D eigenvalue weighted by molar-refractivity contribution is 0.0114. The second kappa shape index (κ2) is 8.14. The number of nitrogens with one attached hydrogen (secondary N) is 1. The summed E-state index contributed by atoms with van der Waals surface area (Å²) in [5.74, 6) is 1.52. The van der Waals surface area contributed by atoms with E-state index in [9.17, 15) is 0 Å². The van der Waals surface area contributed by atoms with E-state index in [-0.39, 0.29) is 6.10 Å². The number of methoxy groups -OCH3 is 1. The number of ether oxygens (including phenoxy) is 2. The third kappa shape index (κ3) is 4.81. The Balaban J connectivity index is 1.50. The summed E-state index contributed by atoms with van der Waals surface area (Å²) in [6.45, 7) is 2.66. The average Bonchev–Trinajstić information content (AvgIpc) is 2.61. The van der Waals surface area contributed by atoms with Crippen molar-refractivity contribution in [2.45, 2.75) is 25.6 Å². The molecule has 3 rings (SSSR count). The zero-order valence-corrected chi connectivity index (χ0v) is 13.7. The summed E-state index contributed by atoms with van der Waals surface area (Å²) in [5, 5.41) is 3.51. The van der Waals surface area contributed by atoms with Crippen molar-refractivity contribution >= 4 is 0 Å². The molecule has 0 aliphatic carbocycles. The molecule has 0 radical (unpaired) electrons. The molecule has 1 heterocycles. The molecule has 1 fully saturated rings. The third-order valence-electron chi connectivity index (χ3n) is 4.39. The van der Waals surface area contributed by atoms with Gasteiger partial charge in [-0.05, 0) is 48.6 Å². The van der Waals surface area contributed by atoms with Crippen molar-refractivity contribution in [2.24, 2.45) is 5.92 Å². The van der Waals surface area contributed by atoms with Crippen LogP contribution in [0.4, 0.5) is 0 Å². The van der Waals surface area contributed by atoms with Crippen LogP contribution in [-0.2, 0) is 17.8 Å². The number of piperidine rings is 1. The fourth-order valence-corrected chi connectivity index (χ4v) is 3.19. The quantitative estimate of drug-likeness (QED) is 0.886. The summed E-state index contributed by atoms with van der Waals surface area (Å²) >= 11 is 0. The van der Waals surface area contributed by atoms with Crippen LogP contribution in [-0.4, -0.2) is 26.3 Å². The highest BCUT2D eigenvalue weighted by Gasteiger charge is 2.22. The zero-order chi connectivity index (χ0) is 15.9. The Labute approximate surface area is 138 Å². The SMILES string of the molecule is COc1cccc(CO[C@H]2CNC[C@@H](Cc3ccccc3)C2)c1. The molecule has 1 saturated heterocycles. The zero-order valence-electron chi connectivity index (χ0n) is 13.7. The Kier molecular flexibility index (Phi) is 5.67. The van der Waals surface area contributed by atoms with Crippen molar-refractivity contribution < 1.29 is 9.47 Å². The minimum absolute atomic E-state index is 0.281. The summed E-state index contributed by atoms with van der Waals surface area (Å²) in [4.78, 5) is 0. The second-order valence-electron chi connectivity index (χ2n) is 6.23. The molecule has 1 aliphatic heterocycles. The van der Waals surface area contributed by atoms with Gasteiger partial charge in [0.05, 0.1) is 19.8 Å². The van der Waals surface area contributed by atoms with Crippen LogP contribution in [0.25, 0.3) is 0 Å². The van der Waals surface area contributed by atoms with Crippen molar-refractivity contribution in [1.29, 1.82) is 0 Å². The van der Waals surface area contributed by atoms with Crippen LogP contribution in [0.15, 0.2) is 54.6 Å². The van der Waals surface area contributed by atoms with Gasteiger partial charge in [-0.3, -0.25) is 0 Å². The monoisotopic (exact) mass is 311 g/mol. The predicted molar refractivity (Wildman–Crippen MR) is 92.7 cm³/mol. The number of rotatable bonds is 6. The second-order valence-corrected chi connectivity index (χ2v) is 6.23. The Hall–Kier alpha value is -1.84. The summed E-state index contributed by atoms with van der Waals surface area (Å²) in [5.41, 5.74) is 2.57. The molecule has 0 aromatic heterocycles. The van der Waals surface area contributed by atoms with Crippen molar-refractivity contribution in [3.05, 3.63) is 65.7 Å². The summed E-state index contributed by atoms with van der Waals surface area (Å²) in [6.07, 6.45) is 2.52. The Bertz CT molecular complexity index is 600. The minimum atomic E-state index is 0.281. The molecular weight excluding hydrogens is 286 g/mol. The molecule has 23 heavy (non-hydrogen) atoms. The van der Waals surface area contributed by atoms with Crippen molar-refractivity contribution in [3.8, 4) is 5.75 Å². The van der Waals surface area contributed by atoms with E-state index in [4.69, 9.17) is 9.47 Å². The average molecular weight is 311 g/mol. The van der Waals surface area contributed by atoms with E-state index in [1.807, 2.05) is 18.2 Å². The molecule has 2 aromatic rings. The first-order valence-electron chi connectivity index (χ1n) is 8.32. The number of benzene rings is 2. The molecule has 0 amide bonds. The highest BCUT2D eigenvalue weighted by molar-refractivity contribution is 5.27. The van der Waals surface area contributed by atoms with Gasteiger partial charge in [0.1, 0.15) is 5.75 Å². The molecule has 2 atom stereocenters. The highest BCUT2D eigenvalue weighted by atomic mass is 16.5. The lowest BCUT2D eigenvalue weighted by Crippen LogP contribution is -2.41. The van der Waals surface area contributed by atoms with Gasteiger partial charge in [-0.25, -0.2) is 0 Å². The molecule has 0 bridgehead atoms. The largest absolute Gasteiger partial charge is 0.497 e.